The van der Waals surface area contributed by atoms with E-state index in [0.717, 1.165) is 24.8 Å². The van der Waals surface area contributed by atoms with Crippen molar-refractivity contribution in [3.05, 3.63) is 40.9 Å². The zero-order chi connectivity index (χ0) is 15.9. The number of benzene rings is 1. The maximum atomic E-state index is 12.3. The Hall–Kier alpha value is -2.12. The molecule has 0 radical (unpaired) electrons. The molecule has 0 spiro atoms. The third kappa shape index (κ3) is 4.19. The molecule has 0 aliphatic carbocycles. The Balaban J connectivity index is 2.03. The number of carbonyl (C=O) groups excluding carboxylic acids is 2. The normalized spacial score (nSPS) is 16.3. The second kappa shape index (κ2) is 7.77. The SMILES string of the molecule is N#C[C@H](C(=O)/C=C\c1ccc(Cl)cc1)C(=O)N1CCCCC1. The summed E-state index contributed by atoms with van der Waals surface area (Å²) in [4.78, 5) is 26.0. The van der Waals surface area contributed by atoms with Crippen LogP contribution in [0.15, 0.2) is 30.3 Å². The van der Waals surface area contributed by atoms with Gasteiger partial charge in [-0.25, -0.2) is 0 Å². The van der Waals surface area contributed by atoms with Crippen LogP contribution in [0.4, 0.5) is 0 Å². The maximum absolute atomic E-state index is 12.3. The Labute approximate surface area is 135 Å². The standard InChI is InChI=1S/C17H17ClN2O2/c18-14-7-4-13(5-8-14)6-9-16(21)15(12-19)17(22)20-10-2-1-3-11-20/h4-9,15H,1-3,10-11H2/b9-6-/t15-/m1/s1. The number of allylic oxidation sites excluding steroid dienone is 1. The van der Waals surface area contributed by atoms with Crippen LogP contribution in [0.5, 0.6) is 0 Å². The van der Waals surface area contributed by atoms with Crippen molar-refractivity contribution < 1.29 is 9.59 Å². The number of amides is 1. The van der Waals surface area contributed by atoms with Gasteiger partial charge in [0, 0.05) is 18.1 Å². The molecule has 1 aromatic rings. The molecular weight excluding hydrogens is 300 g/mol. The van der Waals surface area contributed by atoms with Gasteiger partial charge in [-0.15, -0.1) is 0 Å². The topological polar surface area (TPSA) is 61.2 Å². The number of halogens is 1. The summed E-state index contributed by atoms with van der Waals surface area (Å²) in [5.41, 5.74) is 0.792. The fourth-order valence-corrected chi connectivity index (χ4v) is 2.51. The Morgan fingerprint density at radius 2 is 1.82 bits per heavy atom. The van der Waals surface area contributed by atoms with Crippen LogP contribution in [-0.2, 0) is 9.59 Å². The number of hydrogen-bond donors (Lipinski definition) is 0. The van der Waals surface area contributed by atoms with E-state index in [-0.39, 0.29) is 5.91 Å². The quantitative estimate of drug-likeness (QED) is 0.633. The summed E-state index contributed by atoms with van der Waals surface area (Å²) in [7, 11) is 0. The van der Waals surface area contributed by atoms with Crippen molar-refractivity contribution in [1.29, 1.82) is 5.26 Å². The van der Waals surface area contributed by atoms with E-state index in [2.05, 4.69) is 0 Å². The highest BCUT2D eigenvalue weighted by atomic mass is 35.5. The number of carbonyl (C=O) groups is 2. The summed E-state index contributed by atoms with van der Waals surface area (Å²) in [6.07, 6.45) is 5.83. The van der Waals surface area contributed by atoms with Gasteiger partial charge in [0.2, 0.25) is 5.91 Å². The van der Waals surface area contributed by atoms with Crippen LogP contribution in [0.3, 0.4) is 0 Å². The highest BCUT2D eigenvalue weighted by molar-refractivity contribution is 6.30. The summed E-state index contributed by atoms with van der Waals surface area (Å²) in [5.74, 6) is -2.11. The van der Waals surface area contributed by atoms with Gasteiger partial charge in [0.15, 0.2) is 11.7 Å². The first-order chi connectivity index (χ1) is 10.6. The van der Waals surface area contributed by atoms with E-state index in [4.69, 9.17) is 16.9 Å². The summed E-state index contributed by atoms with van der Waals surface area (Å²) in [6, 6.07) is 8.79. The van der Waals surface area contributed by atoms with E-state index < -0.39 is 11.7 Å². The predicted molar refractivity (Wildman–Crippen MR) is 85.0 cm³/mol. The average molecular weight is 317 g/mol. The molecule has 1 amide bonds. The van der Waals surface area contributed by atoms with Crippen LogP contribution in [0, 0.1) is 17.2 Å². The lowest BCUT2D eigenvalue weighted by Crippen LogP contribution is -2.41. The maximum Gasteiger partial charge on any atom is 0.247 e. The highest BCUT2D eigenvalue weighted by Gasteiger charge is 2.29. The first-order valence-electron chi connectivity index (χ1n) is 7.27. The molecule has 0 N–H and O–H groups in total. The van der Waals surface area contributed by atoms with Crippen LogP contribution in [0.2, 0.25) is 5.02 Å². The molecular formula is C17H17ClN2O2. The van der Waals surface area contributed by atoms with Crippen molar-refractivity contribution in [2.75, 3.05) is 13.1 Å². The molecule has 0 saturated carbocycles. The van der Waals surface area contributed by atoms with Gasteiger partial charge in [-0.05, 0) is 43.0 Å². The van der Waals surface area contributed by atoms with E-state index in [1.165, 1.54) is 6.08 Å². The molecule has 1 aliphatic heterocycles. The lowest BCUT2D eigenvalue weighted by atomic mass is 10.0. The van der Waals surface area contributed by atoms with Gasteiger partial charge in [-0.1, -0.05) is 29.8 Å². The van der Waals surface area contributed by atoms with E-state index in [9.17, 15) is 9.59 Å². The molecule has 1 atom stereocenters. The Morgan fingerprint density at radius 3 is 2.41 bits per heavy atom. The van der Waals surface area contributed by atoms with Crippen molar-refractivity contribution in [3.63, 3.8) is 0 Å². The molecule has 1 fully saturated rings. The number of hydrogen-bond acceptors (Lipinski definition) is 3. The third-order valence-corrected chi connectivity index (χ3v) is 3.89. The molecule has 0 bridgehead atoms. The van der Waals surface area contributed by atoms with Crippen LogP contribution in [0.1, 0.15) is 24.8 Å². The van der Waals surface area contributed by atoms with Gasteiger partial charge < -0.3 is 4.90 Å². The van der Waals surface area contributed by atoms with Crippen molar-refractivity contribution in [1.82, 2.24) is 4.90 Å². The van der Waals surface area contributed by atoms with E-state index >= 15 is 0 Å². The van der Waals surface area contributed by atoms with Crippen LogP contribution >= 0.6 is 11.6 Å². The molecule has 4 nitrogen and oxygen atoms in total. The molecule has 22 heavy (non-hydrogen) atoms. The molecule has 114 valence electrons. The van der Waals surface area contributed by atoms with Crippen LogP contribution in [-0.4, -0.2) is 29.7 Å². The zero-order valence-electron chi connectivity index (χ0n) is 12.2. The number of piperidine rings is 1. The van der Waals surface area contributed by atoms with Crippen LogP contribution < -0.4 is 0 Å². The smallest absolute Gasteiger partial charge is 0.247 e. The lowest BCUT2D eigenvalue weighted by Gasteiger charge is -2.27. The minimum atomic E-state index is -1.25. The molecule has 1 aromatic carbocycles. The molecule has 0 aromatic heterocycles. The predicted octanol–water partition coefficient (Wildman–Crippen LogP) is 3.07. The Morgan fingerprint density at radius 1 is 1.18 bits per heavy atom. The Bertz CT molecular complexity index is 611. The molecule has 1 aliphatic rings. The highest BCUT2D eigenvalue weighted by Crippen LogP contribution is 2.15. The second-order valence-electron chi connectivity index (χ2n) is 5.24. The van der Waals surface area contributed by atoms with Crippen molar-refractivity contribution in [2.45, 2.75) is 19.3 Å². The number of likely N-dealkylation sites (tertiary alicyclic amines) is 1. The average Bonchev–Trinajstić information content (AvgIpc) is 2.55. The van der Waals surface area contributed by atoms with Crippen molar-refractivity contribution in [3.8, 4) is 6.07 Å². The minimum Gasteiger partial charge on any atom is -0.341 e. The molecule has 5 heteroatoms. The summed E-state index contributed by atoms with van der Waals surface area (Å²) >= 11 is 5.79. The third-order valence-electron chi connectivity index (χ3n) is 3.64. The lowest BCUT2D eigenvalue weighted by molar-refractivity contribution is -0.138. The van der Waals surface area contributed by atoms with Gasteiger partial charge in [0.25, 0.3) is 0 Å². The fourth-order valence-electron chi connectivity index (χ4n) is 2.39. The first kappa shape index (κ1) is 16.3. The van der Waals surface area contributed by atoms with Gasteiger partial charge in [-0.2, -0.15) is 5.26 Å². The number of rotatable bonds is 4. The van der Waals surface area contributed by atoms with E-state index in [1.54, 1.807) is 35.2 Å². The summed E-state index contributed by atoms with van der Waals surface area (Å²) < 4.78 is 0. The molecule has 1 saturated heterocycles. The zero-order valence-corrected chi connectivity index (χ0v) is 12.9. The van der Waals surface area contributed by atoms with E-state index in [1.807, 2.05) is 6.07 Å². The first-order valence-corrected chi connectivity index (χ1v) is 7.65. The molecule has 0 unspecified atom stereocenters. The summed E-state index contributed by atoms with van der Waals surface area (Å²) in [5, 5.41) is 9.77. The van der Waals surface area contributed by atoms with Gasteiger partial charge in [0.1, 0.15) is 0 Å². The number of ketones is 1. The van der Waals surface area contributed by atoms with Crippen molar-refractivity contribution in [2.24, 2.45) is 5.92 Å². The summed E-state index contributed by atoms with van der Waals surface area (Å²) in [6.45, 7) is 1.26. The minimum absolute atomic E-state index is 0.382. The molecule has 2 rings (SSSR count). The van der Waals surface area contributed by atoms with Gasteiger partial charge in [-0.3, -0.25) is 9.59 Å². The second-order valence-corrected chi connectivity index (χ2v) is 5.67. The fraction of sp³-hybridized carbons (Fsp3) is 0.353. The number of nitrogens with zero attached hydrogens (tertiary/aromatic N) is 2. The molecule has 1 heterocycles. The van der Waals surface area contributed by atoms with Gasteiger partial charge >= 0.3 is 0 Å². The number of nitriles is 1. The van der Waals surface area contributed by atoms with Gasteiger partial charge in [0.05, 0.1) is 6.07 Å². The van der Waals surface area contributed by atoms with Crippen LogP contribution in [0.25, 0.3) is 6.08 Å². The van der Waals surface area contributed by atoms with E-state index in [0.29, 0.717) is 18.1 Å². The van der Waals surface area contributed by atoms with Crippen molar-refractivity contribution >= 4 is 29.4 Å². The largest absolute Gasteiger partial charge is 0.341 e. The monoisotopic (exact) mass is 316 g/mol. The Kier molecular flexibility index (Phi) is 5.74.